The predicted molar refractivity (Wildman–Crippen MR) is 104 cm³/mol. The van der Waals surface area contributed by atoms with Crippen LogP contribution in [0.1, 0.15) is 6.92 Å². The van der Waals surface area contributed by atoms with Gasteiger partial charge in [-0.15, -0.1) is 0 Å². The number of nitro benzene ring substituents is 1. The number of ether oxygens (including phenoxy) is 1. The van der Waals surface area contributed by atoms with Crippen molar-refractivity contribution in [2.75, 3.05) is 5.32 Å². The fraction of sp³-hybridized carbons (Fsp3) is 0.0952. The monoisotopic (exact) mass is 362 g/mol. The van der Waals surface area contributed by atoms with Gasteiger partial charge in [0.15, 0.2) is 11.9 Å². The Kier molecular flexibility index (Phi) is 5.47. The Morgan fingerprint density at radius 2 is 1.59 bits per heavy atom. The molecule has 0 aliphatic heterocycles. The maximum atomic E-state index is 12.6. The number of nitrogens with zero attached hydrogens (tertiary/aromatic N) is 1. The van der Waals surface area contributed by atoms with Gasteiger partial charge in [0.2, 0.25) is 0 Å². The SMILES string of the molecule is C[C@@H](Oc1ccccc1[N+](=O)[O-])C(=O)Nc1ccccc1-c1ccccc1. The van der Waals surface area contributed by atoms with Crippen molar-refractivity contribution in [3.8, 4) is 16.9 Å². The molecule has 0 aliphatic rings. The van der Waals surface area contributed by atoms with Gasteiger partial charge in [0, 0.05) is 17.3 Å². The second-order valence-electron chi connectivity index (χ2n) is 5.89. The topological polar surface area (TPSA) is 81.5 Å². The summed E-state index contributed by atoms with van der Waals surface area (Å²) in [4.78, 5) is 23.1. The van der Waals surface area contributed by atoms with Crippen molar-refractivity contribution < 1.29 is 14.5 Å². The van der Waals surface area contributed by atoms with Crippen molar-refractivity contribution >= 4 is 17.3 Å². The van der Waals surface area contributed by atoms with Crippen LogP contribution in [-0.2, 0) is 4.79 Å². The van der Waals surface area contributed by atoms with Crippen molar-refractivity contribution in [1.29, 1.82) is 0 Å². The second kappa shape index (κ2) is 8.14. The van der Waals surface area contributed by atoms with Gasteiger partial charge in [-0.2, -0.15) is 0 Å². The number of carbonyl (C=O) groups is 1. The van der Waals surface area contributed by atoms with Gasteiger partial charge in [-0.25, -0.2) is 0 Å². The van der Waals surface area contributed by atoms with E-state index in [4.69, 9.17) is 4.74 Å². The number of amides is 1. The molecule has 0 bridgehead atoms. The smallest absolute Gasteiger partial charge is 0.310 e. The standard InChI is InChI=1S/C21H18N2O4/c1-15(27-20-14-8-7-13-19(20)23(25)26)21(24)22-18-12-6-5-11-17(18)16-9-3-2-4-10-16/h2-15H,1H3,(H,22,24)/t15-/m1/s1. The first-order valence-electron chi connectivity index (χ1n) is 8.41. The minimum Gasteiger partial charge on any atom is -0.474 e. The number of anilines is 1. The molecular weight excluding hydrogens is 344 g/mol. The van der Waals surface area contributed by atoms with E-state index < -0.39 is 16.9 Å². The van der Waals surface area contributed by atoms with E-state index in [0.29, 0.717) is 5.69 Å². The number of benzene rings is 3. The lowest BCUT2D eigenvalue weighted by molar-refractivity contribution is -0.386. The summed E-state index contributed by atoms with van der Waals surface area (Å²) >= 11 is 0. The summed E-state index contributed by atoms with van der Waals surface area (Å²) in [5.41, 5.74) is 2.32. The molecule has 0 fully saturated rings. The number of hydrogen-bond donors (Lipinski definition) is 1. The Morgan fingerprint density at radius 3 is 2.33 bits per heavy atom. The summed E-state index contributed by atoms with van der Waals surface area (Å²) in [5, 5.41) is 13.9. The first-order chi connectivity index (χ1) is 13.1. The molecule has 6 heteroatoms. The second-order valence-corrected chi connectivity index (χ2v) is 5.89. The molecule has 6 nitrogen and oxygen atoms in total. The molecule has 136 valence electrons. The molecule has 0 unspecified atom stereocenters. The molecule has 1 atom stereocenters. The quantitative estimate of drug-likeness (QED) is 0.510. The predicted octanol–water partition coefficient (Wildman–Crippen LogP) is 4.67. The Bertz CT molecular complexity index is 957. The molecule has 0 aromatic heterocycles. The van der Waals surface area contributed by atoms with Crippen molar-refractivity contribution in [2.24, 2.45) is 0 Å². The zero-order chi connectivity index (χ0) is 19.2. The fourth-order valence-corrected chi connectivity index (χ4v) is 2.65. The van der Waals surface area contributed by atoms with Gasteiger partial charge in [-0.3, -0.25) is 14.9 Å². The zero-order valence-electron chi connectivity index (χ0n) is 14.7. The molecule has 0 saturated carbocycles. The van der Waals surface area contributed by atoms with Crippen molar-refractivity contribution in [1.82, 2.24) is 0 Å². The average molecular weight is 362 g/mol. The first-order valence-corrected chi connectivity index (χ1v) is 8.41. The minimum absolute atomic E-state index is 0.0569. The van der Waals surface area contributed by atoms with Crippen LogP contribution >= 0.6 is 0 Å². The molecule has 0 spiro atoms. The summed E-state index contributed by atoms with van der Waals surface area (Å²) in [6, 6.07) is 23.1. The number of para-hydroxylation sites is 3. The summed E-state index contributed by atoms with van der Waals surface area (Å²) in [6.45, 7) is 1.55. The lowest BCUT2D eigenvalue weighted by atomic mass is 10.0. The zero-order valence-corrected chi connectivity index (χ0v) is 14.7. The lowest BCUT2D eigenvalue weighted by Gasteiger charge is -2.16. The molecule has 0 aliphatic carbocycles. The summed E-state index contributed by atoms with van der Waals surface area (Å²) in [7, 11) is 0. The molecule has 0 radical (unpaired) electrons. The molecule has 0 saturated heterocycles. The number of hydrogen-bond acceptors (Lipinski definition) is 4. The maximum absolute atomic E-state index is 12.6. The van der Waals surface area contributed by atoms with Gasteiger partial charge in [0.25, 0.3) is 5.91 Å². The van der Waals surface area contributed by atoms with Gasteiger partial charge in [0.05, 0.1) is 4.92 Å². The van der Waals surface area contributed by atoms with E-state index in [1.165, 1.54) is 12.1 Å². The highest BCUT2D eigenvalue weighted by atomic mass is 16.6. The highest BCUT2D eigenvalue weighted by Crippen LogP contribution is 2.29. The highest BCUT2D eigenvalue weighted by molar-refractivity contribution is 5.98. The van der Waals surface area contributed by atoms with Gasteiger partial charge in [0.1, 0.15) is 0 Å². The number of carbonyl (C=O) groups excluding carboxylic acids is 1. The van der Waals surface area contributed by atoms with Crippen LogP contribution < -0.4 is 10.1 Å². The van der Waals surface area contributed by atoms with Crippen LogP contribution in [0.15, 0.2) is 78.9 Å². The number of nitro groups is 1. The Morgan fingerprint density at radius 1 is 0.963 bits per heavy atom. The van der Waals surface area contributed by atoms with Gasteiger partial charge >= 0.3 is 5.69 Å². The van der Waals surface area contributed by atoms with Crippen LogP contribution in [0.4, 0.5) is 11.4 Å². The summed E-state index contributed by atoms with van der Waals surface area (Å²) < 4.78 is 5.53. The van der Waals surface area contributed by atoms with Crippen LogP contribution in [0, 0.1) is 10.1 Å². The maximum Gasteiger partial charge on any atom is 0.310 e. The first kappa shape index (κ1) is 18.1. The normalized spacial score (nSPS) is 11.4. The molecular formula is C21H18N2O4. The van der Waals surface area contributed by atoms with Crippen molar-refractivity contribution in [3.63, 3.8) is 0 Å². The van der Waals surface area contributed by atoms with E-state index in [2.05, 4.69) is 5.32 Å². The van der Waals surface area contributed by atoms with Crippen LogP contribution in [0.5, 0.6) is 5.75 Å². The van der Waals surface area contributed by atoms with Crippen molar-refractivity contribution in [3.05, 3.63) is 89.0 Å². The van der Waals surface area contributed by atoms with Gasteiger partial charge in [-0.1, -0.05) is 60.7 Å². The van der Waals surface area contributed by atoms with E-state index in [0.717, 1.165) is 11.1 Å². The van der Waals surface area contributed by atoms with Gasteiger partial charge < -0.3 is 10.1 Å². The van der Waals surface area contributed by atoms with Crippen molar-refractivity contribution in [2.45, 2.75) is 13.0 Å². The lowest BCUT2D eigenvalue weighted by Crippen LogP contribution is -2.30. The molecule has 27 heavy (non-hydrogen) atoms. The van der Waals surface area contributed by atoms with Crippen LogP contribution in [0.25, 0.3) is 11.1 Å². The fourth-order valence-electron chi connectivity index (χ4n) is 2.65. The third-order valence-corrected chi connectivity index (χ3v) is 4.00. The van der Waals surface area contributed by atoms with E-state index in [-0.39, 0.29) is 11.4 Å². The number of rotatable bonds is 6. The Labute approximate surface area is 156 Å². The van der Waals surface area contributed by atoms with E-state index in [1.54, 1.807) is 25.1 Å². The largest absolute Gasteiger partial charge is 0.474 e. The van der Waals surface area contributed by atoms with Crippen LogP contribution in [-0.4, -0.2) is 16.9 Å². The van der Waals surface area contributed by atoms with Crippen LogP contribution in [0.3, 0.4) is 0 Å². The molecule has 1 N–H and O–H groups in total. The highest BCUT2D eigenvalue weighted by Gasteiger charge is 2.21. The molecule has 3 rings (SSSR count). The summed E-state index contributed by atoms with van der Waals surface area (Å²) in [5.74, 6) is -0.335. The molecule has 1 amide bonds. The van der Waals surface area contributed by atoms with E-state index in [1.807, 2.05) is 48.5 Å². The molecule has 3 aromatic carbocycles. The Balaban J connectivity index is 1.78. The average Bonchev–Trinajstić information content (AvgIpc) is 2.69. The number of nitrogens with one attached hydrogen (secondary N) is 1. The third-order valence-electron chi connectivity index (χ3n) is 4.00. The molecule has 3 aromatic rings. The van der Waals surface area contributed by atoms with E-state index in [9.17, 15) is 14.9 Å². The summed E-state index contributed by atoms with van der Waals surface area (Å²) in [6.07, 6.45) is -0.907. The third kappa shape index (κ3) is 4.30. The minimum atomic E-state index is -0.907. The van der Waals surface area contributed by atoms with Gasteiger partial charge in [-0.05, 0) is 24.6 Å². The van der Waals surface area contributed by atoms with E-state index >= 15 is 0 Å². The molecule has 0 heterocycles. The Hall–Kier alpha value is -3.67. The van der Waals surface area contributed by atoms with Crippen LogP contribution in [0.2, 0.25) is 0 Å².